The van der Waals surface area contributed by atoms with Gasteiger partial charge in [0.2, 0.25) is 0 Å². The molecular formula is C46H27N3O. The zero-order chi connectivity index (χ0) is 32.8. The lowest BCUT2D eigenvalue weighted by Crippen LogP contribution is -1.98. The summed E-state index contributed by atoms with van der Waals surface area (Å²) < 4.78 is 9.20. The van der Waals surface area contributed by atoms with Gasteiger partial charge < -0.3 is 8.98 Å². The SMILES string of the molecule is c1ccc(-c2nc(-c3ccc(-n4c5ccccc5c5cc6cc7ccccc7cc6cc54)c4oc5ccccc5c34)nc3ccccc23)cc1. The Morgan fingerprint density at radius 2 is 1.14 bits per heavy atom. The van der Waals surface area contributed by atoms with E-state index in [0.717, 1.165) is 66.4 Å². The highest BCUT2D eigenvalue weighted by Gasteiger charge is 2.23. The van der Waals surface area contributed by atoms with Gasteiger partial charge in [0.25, 0.3) is 0 Å². The van der Waals surface area contributed by atoms with E-state index in [2.05, 4.69) is 138 Å². The lowest BCUT2D eigenvalue weighted by Gasteiger charge is -2.13. The molecule has 3 aromatic heterocycles. The minimum atomic E-state index is 0.672. The Balaban J connectivity index is 1.23. The molecule has 0 unspecified atom stereocenters. The van der Waals surface area contributed by atoms with Crippen molar-refractivity contribution in [3.05, 3.63) is 164 Å². The van der Waals surface area contributed by atoms with Crippen molar-refractivity contribution in [1.82, 2.24) is 14.5 Å². The third-order valence-corrected chi connectivity index (χ3v) is 10.1. The van der Waals surface area contributed by atoms with Gasteiger partial charge in [0, 0.05) is 38.1 Å². The van der Waals surface area contributed by atoms with Gasteiger partial charge in [-0.1, -0.05) is 109 Å². The number of rotatable bonds is 3. The third kappa shape index (κ3) is 3.93. The summed E-state index contributed by atoms with van der Waals surface area (Å²) >= 11 is 0. The molecular weight excluding hydrogens is 611 g/mol. The highest BCUT2D eigenvalue weighted by molar-refractivity contribution is 6.18. The quantitative estimate of drug-likeness (QED) is 0.181. The first-order valence-corrected chi connectivity index (χ1v) is 16.9. The van der Waals surface area contributed by atoms with Crippen LogP contribution < -0.4 is 0 Å². The van der Waals surface area contributed by atoms with E-state index < -0.39 is 0 Å². The van der Waals surface area contributed by atoms with Gasteiger partial charge in [-0.2, -0.15) is 0 Å². The van der Waals surface area contributed by atoms with Gasteiger partial charge in [-0.05, 0) is 76.1 Å². The molecule has 11 aromatic rings. The Hall–Kier alpha value is -6.78. The summed E-state index contributed by atoms with van der Waals surface area (Å²) in [5, 5.41) is 10.4. The zero-order valence-electron chi connectivity index (χ0n) is 26.8. The predicted octanol–water partition coefficient (Wildman–Crippen LogP) is 12.3. The van der Waals surface area contributed by atoms with Crippen LogP contribution in [0.15, 0.2) is 168 Å². The molecule has 3 heterocycles. The van der Waals surface area contributed by atoms with Crippen LogP contribution in [-0.4, -0.2) is 14.5 Å². The molecule has 0 saturated carbocycles. The molecule has 0 aliphatic carbocycles. The molecule has 4 heteroatoms. The van der Waals surface area contributed by atoms with Gasteiger partial charge in [-0.3, -0.25) is 0 Å². The second-order valence-electron chi connectivity index (χ2n) is 13.0. The van der Waals surface area contributed by atoms with Gasteiger partial charge in [-0.25, -0.2) is 9.97 Å². The van der Waals surface area contributed by atoms with Gasteiger partial charge in [0.05, 0.1) is 27.9 Å². The molecule has 0 amide bonds. The summed E-state index contributed by atoms with van der Waals surface area (Å²) in [6.45, 7) is 0. The van der Waals surface area contributed by atoms with Crippen LogP contribution in [0.3, 0.4) is 0 Å². The molecule has 0 spiro atoms. The van der Waals surface area contributed by atoms with Crippen LogP contribution >= 0.6 is 0 Å². The van der Waals surface area contributed by atoms with Crippen molar-refractivity contribution >= 4 is 76.2 Å². The maximum Gasteiger partial charge on any atom is 0.161 e. The number of para-hydroxylation sites is 3. The topological polar surface area (TPSA) is 43.9 Å². The van der Waals surface area contributed by atoms with E-state index in [-0.39, 0.29) is 0 Å². The second kappa shape index (κ2) is 10.4. The smallest absolute Gasteiger partial charge is 0.161 e. The molecule has 0 radical (unpaired) electrons. The monoisotopic (exact) mass is 637 g/mol. The number of hydrogen-bond acceptors (Lipinski definition) is 3. The van der Waals surface area contributed by atoms with Crippen LogP contribution in [0.2, 0.25) is 0 Å². The molecule has 11 rings (SSSR count). The maximum atomic E-state index is 6.84. The molecule has 0 fully saturated rings. The van der Waals surface area contributed by atoms with Gasteiger partial charge >= 0.3 is 0 Å². The van der Waals surface area contributed by atoms with Crippen molar-refractivity contribution in [2.75, 3.05) is 0 Å². The fourth-order valence-corrected chi connectivity index (χ4v) is 7.86. The predicted molar refractivity (Wildman–Crippen MR) is 207 cm³/mol. The van der Waals surface area contributed by atoms with E-state index in [1.54, 1.807) is 0 Å². The first-order chi connectivity index (χ1) is 24.8. The van der Waals surface area contributed by atoms with E-state index in [4.69, 9.17) is 14.4 Å². The fraction of sp³-hybridized carbons (Fsp3) is 0. The number of nitrogens with zero attached hydrogens (tertiary/aromatic N) is 3. The Morgan fingerprint density at radius 3 is 1.98 bits per heavy atom. The largest absolute Gasteiger partial charge is 0.454 e. The van der Waals surface area contributed by atoms with E-state index in [1.165, 1.54) is 32.3 Å². The molecule has 50 heavy (non-hydrogen) atoms. The number of hydrogen-bond donors (Lipinski definition) is 0. The maximum absolute atomic E-state index is 6.84. The molecule has 4 nitrogen and oxygen atoms in total. The fourth-order valence-electron chi connectivity index (χ4n) is 7.86. The minimum Gasteiger partial charge on any atom is -0.454 e. The minimum absolute atomic E-state index is 0.672. The van der Waals surface area contributed by atoms with Crippen molar-refractivity contribution in [3.8, 4) is 28.3 Å². The Kier molecular flexibility index (Phi) is 5.63. The van der Waals surface area contributed by atoms with E-state index in [0.29, 0.717) is 5.82 Å². The Morgan fingerprint density at radius 1 is 0.460 bits per heavy atom. The standard InChI is InChI=1S/C46H27N3O/c1-2-12-28(13-3-1)44-34-17-6-9-19-38(34)47-46(48-44)36-22-23-40(45-43(36)35-18-8-11-21-42(35)50-45)49-39-20-10-7-16-33(39)37-26-31-24-29-14-4-5-15-30(29)25-32(31)27-41(37)49/h1-27H. The number of fused-ring (bicyclic) bond motifs is 9. The molecule has 0 aliphatic rings. The van der Waals surface area contributed by atoms with Crippen LogP contribution in [-0.2, 0) is 0 Å². The van der Waals surface area contributed by atoms with Crippen molar-refractivity contribution in [3.63, 3.8) is 0 Å². The zero-order valence-corrected chi connectivity index (χ0v) is 26.8. The molecule has 0 aliphatic heterocycles. The van der Waals surface area contributed by atoms with Crippen molar-refractivity contribution in [2.45, 2.75) is 0 Å². The van der Waals surface area contributed by atoms with Crippen molar-refractivity contribution < 1.29 is 4.42 Å². The van der Waals surface area contributed by atoms with Crippen LogP contribution in [0.5, 0.6) is 0 Å². The summed E-state index contributed by atoms with van der Waals surface area (Å²) in [4.78, 5) is 10.4. The van der Waals surface area contributed by atoms with Crippen molar-refractivity contribution in [1.29, 1.82) is 0 Å². The molecule has 8 aromatic carbocycles. The number of benzene rings is 8. The Bertz CT molecular complexity index is 3150. The molecule has 232 valence electrons. The average Bonchev–Trinajstić information content (AvgIpc) is 3.72. The van der Waals surface area contributed by atoms with E-state index in [1.807, 2.05) is 30.3 Å². The van der Waals surface area contributed by atoms with Crippen molar-refractivity contribution in [2.24, 2.45) is 0 Å². The summed E-state index contributed by atoms with van der Waals surface area (Å²) in [5.41, 5.74) is 8.70. The number of furan rings is 1. The molecule has 0 saturated heterocycles. The summed E-state index contributed by atoms with van der Waals surface area (Å²) in [6.07, 6.45) is 0. The molecule has 0 atom stereocenters. The molecule has 0 N–H and O–H groups in total. The van der Waals surface area contributed by atoms with Crippen LogP contribution in [0.4, 0.5) is 0 Å². The van der Waals surface area contributed by atoms with Crippen LogP contribution in [0.25, 0.3) is 105 Å². The highest BCUT2D eigenvalue weighted by Crippen LogP contribution is 2.43. The highest BCUT2D eigenvalue weighted by atomic mass is 16.3. The first-order valence-electron chi connectivity index (χ1n) is 16.9. The third-order valence-electron chi connectivity index (χ3n) is 10.1. The van der Waals surface area contributed by atoms with E-state index >= 15 is 0 Å². The first kappa shape index (κ1) is 27.2. The van der Waals surface area contributed by atoms with Crippen LogP contribution in [0, 0.1) is 0 Å². The number of aromatic nitrogens is 3. The van der Waals surface area contributed by atoms with E-state index in [9.17, 15) is 0 Å². The summed E-state index contributed by atoms with van der Waals surface area (Å²) in [7, 11) is 0. The van der Waals surface area contributed by atoms with Gasteiger partial charge in [0.1, 0.15) is 5.58 Å². The normalized spacial score (nSPS) is 12.0. The summed E-state index contributed by atoms with van der Waals surface area (Å²) in [5.74, 6) is 0.672. The Labute approximate surface area is 286 Å². The lowest BCUT2D eigenvalue weighted by molar-refractivity contribution is 0.666. The van der Waals surface area contributed by atoms with Crippen LogP contribution in [0.1, 0.15) is 0 Å². The molecule has 0 bridgehead atoms. The van der Waals surface area contributed by atoms with Gasteiger partial charge in [0.15, 0.2) is 11.4 Å². The second-order valence-corrected chi connectivity index (χ2v) is 13.0. The lowest BCUT2D eigenvalue weighted by atomic mass is 10.0. The summed E-state index contributed by atoms with van der Waals surface area (Å²) in [6, 6.07) is 57.8. The van der Waals surface area contributed by atoms with Gasteiger partial charge in [-0.15, -0.1) is 0 Å². The average molecular weight is 638 g/mol.